The summed E-state index contributed by atoms with van der Waals surface area (Å²) in [5.41, 5.74) is 0.990. The van der Waals surface area contributed by atoms with E-state index in [9.17, 15) is 31.5 Å². The molecular weight excluding hydrogens is 619 g/mol. The molecule has 3 aliphatic heterocycles. The molecule has 1 aromatic carbocycles. The Morgan fingerprint density at radius 1 is 1.15 bits per heavy atom. The highest BCUT2D eigenvalue weighted by Gasteiger charge is 2.47. The molecule has 4 heterocycles. The molecule has 0 bridgehead atoms. The summed E-state index contributed by atoms with van der Waals surface area (Å²) in [6.07, 6.45) is -1.54. The molecule has 1 atom stereocenters. The van der Waals surface area contributed by atoms with Crippen molar-refractivity contribution in [2.24, 2.45) is 0 Å². The van der Waals surface area contributed by atoms with Crippen molar-refractivity contribution in [2.45, 2.75) is 51.2 Å². The fourth-order valence-corrected chi connectivity index (χ4v) is 5.58. The zero-order valence-electron chi connectivity index (χ0n) is 25.3. The molecule has 250 valence electrons. The van der Waals surface area contributed by atoms with E-state index in [-0.39, 0.29) is 41.0 Å². The number of halogens is 5. The van der Waals surface area contributed by atoms with Gasteiger partial charge >= 0.3 is 18.8 Å². The summed E-state index contributed by atoms with van der Waals surface area (Å²) in [4.78, 5) is 40.7. The molecule has 0 radical (unpaired) electrons. The Labute approximate surface area is 262 Å². The summed E-state index contributed by atoms with van der Waals surface area (Å²) in [5.74, 6) is -0.819. The first-order chi connectivity index (χ1) is 21.8. The SMILES string of the molecule is C=CC(=O)Nc1cc(Nc2ncc3c(n2)N(C2CCOCC2)C(=O)N([C@@H](C)C(F)(F)F)C3)c(OC(F)F)cc1N1CCN(C)CC1. The zero-order valence-corrected chi connectivity index (χ0v) is 25.3. The maximum absolute atomic E-state index is 13.7. The second-order valence-electron chi connectivity index (χ2n) is 11.2. The van der Waals surface area contributed by atoms with Gasteiger partial charge in [0.1, 0.15) is 11.9 Å². The van der Waals surface area contributed by atoms with Crippen molar-refractivity contribution in [1.29, 1.82) is 0 Å². The Hall–Kier alpha value is -4.25. The van der Waals surface area contributed by atoms with Gasteiger partial charge < -0.3 is 34.8 Å². The second-order valence-corrected chi connectivity index (χ2v) is 11.2. The van der Waals surface area contributed by atoms with E-state index in [2.05, 4.69) is 32.1 Å². The number of likely N-dealkylation sites (N-methyl/N-ethyl adjacent to an activating group) is 1. The Morgan fingerprint density at radius 3 is 2.48 bits per heavy atom. The number of anilines is 5. The van der Waals surface area contributed by atoms with Crippen molar-refractivity contribution in [3.8, 4) is 5.75 Å². The van der Waals surface area contributed by atoms with Crippen LogP contribution in [0.3, 0.4) is 0 Å². The topological polar surface area (TPSA) is 115 Å². The van der Waals surface area contributed by atoms with E-state index < -0.39 is 36.8 Å². The van der Waals surface area contributed by atoms with Crippen molar-refractivity contribution in [1.82, 2.24) is 19.8 Å². The number of hydrogen-bond donors (Lipinski definition) is 2. The van der Waals surface area contributed by atoms with Crippen LogP contribution in [0.5, 0.6) is 5.75 Å². The van der Waals surface area contributed by atoms with Gasteiger partial charge in [0, 0.05) is 63.3 Å². The van der Waals surface area contributed by atoms with Crippen molar-refractivity contribution < 1.29 is 41.0 Å². The Kier molecular flexibility index (Phi) is 9.81. The van der Waals surface area contributed by atoms with Crippen LogP contribution in [0, 0.1) is 0 Å². The molecule has 46 heavy (non-hydrogen) atoms. The molecule has 0 saturated carbocycles. The molecule has 17 heteroatoms. The number of fused-ring (bicyclic) bond motifs is 1. The lowest BCUT2D eigenvalue weighted by atomic mass is 10.0. The lowest BCUT2D eigenvalue weighted by Gasteiger charge is -2.43. The molecule has 2 fully saturated rings. The van der Waals surface area contributed by atoms with Crippen LogP contribution in [-0.2, 0) is 16.1 Å². The number of rotatable bonds is 9. The third kappa shape index (κ3) is 7.25. The van der Waals surface area contributed by atoms with Crippen LogP contribution < -0.4 is 25.2 Å². The number of piperazine rings is 1. The molecule has 0 unspecified atom stereocenters. The minimum Gasteiger partial charge on any atom is -0.433 e. The van der Waals surface area contributed by atoms with E-state index in [0.717, 1.165) is 17.9 Å². The highest BCUT2D eigenvalue weighted by Crippen LogP contribution is 2.41. The number of amides is 3. The minimum atomic E-state index is -4.66. The van der Waals surface area contributed by atoms with E-state index in [1.807, 2.05) is 11.9 Å². The van der Waals surface area contributed by atoms with Gasteiger partial charge in [-0.2, -0.15) is 26.9 Å². The number of hydrogen-bond acceptors (Lipinski definition) is 9. The van der Waals surface area contributed by atoms with E-state index in [1.54, 1.807) is 0 Å². The Bertz CT molecular complexity index is 1450. The number of benzene rings is 1. The number of alkyl halides is 5. The largest absolute Gasteiger partial charge is 0.433 e. The molecule has 3 amide bonds. The smallest absolute Gasteiger partial charge is 0.408 e. The first-order valence-electron chi connectivity index (χ1n) is 14.7. The normalized spacial score (nSPS) is 18.8. The predicted octanol–water partition coefficient (Wildman–Crippen LogP) is 4.57. The maximum atomic E-state index is 13.7. The summed E-state index contributed by atoms with van der Waals surface area (Å²) in [7, 11) is 1.96. The molecule has 2 N–H and O–H groups in total. The molecule has 3 aliphatic rings. The Morgan fingerprint density at radius 2 is 1.85 bits per heavy atom. The van der Waals surface area contributed by atoms with Crippen molar-refractivity contribution in [3.63, 3.8) is 0 Å². The van der Waals surface area contributed by atoms with Crippen molar-refractivity contribution in [3.05, 3.63) is 36.5 Å². The van der Waals surface area contributed by atoms with Gasteiger partial charge in [-0.15, -0.1) is 0 Å². The van der Waals surface area contributed by atoms with Gasteiger partial charge in [0.2, 0.25) is 11.9 Å². The van der Waals surface area contributed by atoms with Gasteiger partial charge in [-0.25, -0.2) is 9.78 Å². The number of aromatic nitrogens is 2. The van der Waals surface area contributed by atoms with Crippen LogP contribution in [0.15, 0.2) is 31.0 Å². The summed E-state index contributed by atoms with van der Waals surface area (Å²) in [6.45, 7) is 3.95. The zero-order chi connectivity index (χ0) is 33.2. The minimum absolute atomic E-state index is 0.0236. The van der Waals surface area contributed by atoms with Crippen LogP contribution in [0.1, 0.15) is 25.3 Å². The molecule has 1 aromatic heterocycles. The average molecular weight is 655 g/mol. The molecular formula is C29H35F5N8O4. The lowest BCUT2D eigenvalue weighted by molar-refractivity contribution is -0.172. The molecule has 2 aromatic rings. The van der Waals surface area contributed by atoms with Gasteiger partial charge in [0.05, 0.1) is 23.6 Å². The Balaban J connectivity index is 1.54. The van der Waals surface area contributed by atoms with Gasteiger partial charge in [-0.1, -0.05) is 6.58 Å². The van der Waals surface area contributed by atoms with E-state index >= 15 is 0 Å². The van der Waals surface area contributed by atoms with Crippen molar-refractivity contribution >= 4 is 40.8 Å². The van der Waals surface area contributed by atoms with E-state index in [1.165, 1.54) is 23.2 Å². The summed E-state index contributed by atoms with van der Waals surface area (Å²) >= 11 is 0. The first kappa shape index (κ1) is 33.1. The van der Waals surface area contributed by atoms with Crippen LogP contribution in [0.4, 0.5) is 55.6 Å². The first-order valence-corrected chi connectivity index (χ1v) is 14.7. The summed E-state index contributed by atoms with van der Waals surface area (Å²) < 4.78 is 78.6. The maximum Gasteiger partial charge on any atom is 0.408 e. The average Bonchev–Trinajstić information content (AvgIpc) is 3.01. The highest BCUT2D eigenvalue weighted by atomic mass is 19.4. The molecule has 0 aliphatic carbocycles. The van der Waals surface area contributed by atoms with Gasteiger partial charge in [0.15, 0.2) is 5.75 Å². The van der Waals surface area contributed by atoms with Crippen LogP contribution in [0.2, 0.25) is 0 Å². The highest BCUT2D eigenvalue weighted by molar-refractivity contribution is 6.02. The van der Waals surface area contributed by atoms with E-state index in [4.69, 9.17) is 9.47 Å². The van der Waals surface area contributed by atoms with Crippen molar-refractivity contribution in [2.75, 3.05) is 66.9 Å². The molecule has 5 rings (SSSR count). The molecule has 2 saturated heterocycles. The summed E-state index contributed by atoms with van der Waals surface area (Å²) in [6, 6.07) is -0.631. The third-order valence-electron chi connectivity index (χ3n) is 8.21. The summed E-state index contributed by atoms with van der Waals surface area (Å²) in [5, 5.41) is 5.56. The second kappa shape index (κ2) is 13.6. The number of carbonyl (C=O) groups is 2. The number of urea groups is 1. The number of ether oxygens (including phenoxy) is 2. The quantitative estimate of drug-likeness (QED) is 0.297. The standard InChI is InChI=1S/C29H35F5N8O4/c1-4-24(43)36-20-13-21(23(46-26(30)31)14-22(20)40-9-7-39(3)8-10-40)37-27-35-15-18-16-41(17(2)29(32,33)34)28(44)42(25(18)38-27)19-5-11-45-12-6-19/h4,13-15,17,19,26H,1,5-12,16H2,2-3H3,(H,36,43)(H,35,37,38)/t17-/m0/s1. The fraction of sp³-hybridized carbons (Fsp3) is 0.517. The number of nitrogens with one attached hydrogen (secondary N) is 2. The van der Waals surface area contributed by atoms with E-state index in [0.29, 0.717) is 57.9 Å². The fourth-order valence-electron chi connectivity index (χ4n) is 5.58. The molecule has 12 nitrogen and oxygen atoms in total. The molecule has 0 spiro atoms. The number of carbonyl (C=O) groups excluding carboxylic acids is 2. The van der Waals surface area contributed by atoms with Crippen LogP contribution >= 0.6 is 0 Å². The van der Waals surface area contributed by atoms with Gasteiger partial charge in [0.25, 0.3) is 0 Å². The van der Waals surface area contributed by atoms with Crippen LogP contribution in [0.25, 0.3) is 0 Å². The predicted molar refractivity (Wildman–Crippen MR) is 160 cm³/mol. The van der Waals surface area contributed by atoms with Gasteiger partial charge in [-0.3, -0.25) is 9.69 Å². The van der Waals surface area contributed by atoms with Gasteiger partial charge in [-0.05, 0) is 39.0 Å². The number of nitrogens with zero attached hydrogens (tertiary/aromatic N) is 6. The monoisotopic (exact) mass is 654 g/mol. The third-order valence-corrected chi connectivity index (χ3v) is 8.21. The lowest BCUT2D eigenvalue weighted by Crippen LogP contribution is -2.58. The van der Waals surface area contributed by atoms with Crippen LogP contribution in [-0.4, -0.2) is 103 Å².